The number of aromatic nitrogens is 2. The summed E-state index contributed by atoms with van der Waals surface area (Å²) in [6.07, 6.45) is 1.66. The van der Waals surface area contributed by atoms with Gasteiger partial charge in [-0.25, -0.2) is 4.98 Å². The molecule has 1 N–H and O–H groups in total. The van der Waals surface area contributed by atoms with Crippen LogP contribution in [0.3, 0.4) is 0 Å². The van der Waals surface area contributed by atoms with Gasteiger partial charge in [0.1, 0.15) is 0 Å². The molecule has 0 bridgehead atoms. The molecule has 2 aromatic rings. The van der Waals surface area contributed by atoms with Gasteiger partial charge in [-0.2, -0.15) is 0 Å². The van der Waals surface area contributed by atoms with Crippen molar-refractivity contribution in [2.75, 3.05) is 7.05 Å². The van der Waals surface area contributed by atoms with Crippen molar-refractivity contribution >= 4 is 0 Å². The number of furan rings is 1. The van der Waals surface area contributed by atoms with Crippen LogP contribution in [-0.4, -0.2) is 16.6 Å². The van der Waals surface area contributed by atoms with Gasteiger partial charge >= 0.3 is 0 Å². The Morgan fingerprint density at radius 3 is 2.93 bits per heavy atom. The third kappa shape index (κ3) is 1.68. The lowest BCUT2D eigenvalue weighted by atomic mass is 10.3. The molecule has 0 aliphatic carbocycles. The van der Waals surface area contributed by atoms with E-state index in [2.05, 4.69) is 17.2 Å². The molecule has 0 amide bonds. The predicted octanol–water partition coefficient (Wildman–Crippen LogP) is 1.71. The monoisotopic (exact) mass is 205 g/mol. The van der Waals surface area contributed by atoms with E-state index in [4.69, 9.17) is 4.42 Å². The molecular weight excluding hydrogens is 190 g/mol. The standard InChI is InChI=1S/C11H15N3O/c1-8-9(7-12-2)13-11(14(8)3)10-5-4-6-15-10/h4-6,12H,7H2,1-3H3. The molecule has 2 rings (SSSR count). The van der Waals surface area contributed by atoms with Gasteiger partial charge < -0.3 is 14.3 Å². The highest BCUT2D eigenvalue weighted by molar-refractivity contribution is 5.49. The molecular formula is C11H15N3O. The Morgan fingerprint density at radius 2 is 2.33 bits per heavy atom. The van der Waals surface area contributed by atoms with Crippen LogP contribution in [-0.2, 0) is 13.6 Å². The highest BCUT2D eigenvalue weighted by Gasteiger charge is 2.13. The number of nitrogens with zero attached hydrogens (tertiary/aromatic N) is 2. The van der Waals surface area contributed by atoms with Gasteiger partial charge in [0.25, 0.3) is 0 Å². The van der Waals surface area contributed by atoms with Gasteiger partial charge in [-0.05, 0) is 26.1 Å². The van der Waals surface area contributed by atoms with Gasteiger partial charge in [-0.15, -0.1) is 0 Å². The first-order valence-electron chi connectivity index (χ1n) is 4.94. The zero-order valence-corrected chi connectivity index (χ0v) is 9.24. The molecule has 0 aliphatic heterocycles. The highest BCUT2D eigenvalue weighted by atomic mass is 16.3. The van der Waals surface area contributed by atoms with Crippen molar-refractivity contribution in [1.82, 2.24) is 14.9 Å². The molecule has 4 nitrogen and oxygen atoms in total. The first-order chi connectivity index (χ1) is 7.24. The number of imidazole rings is 1. The largest absolute Gasteiger partial charge is 0.461 e. The van der Waals surface area contributed by atoms with Gasteiger partial charge in [-0.3, -0.25) is 0 Å². The molecule has 0 radical (unpaired) electrons. The molecule has 0 saturated heterocycles. The average molecular weight is 205 g/mol. The average Bonchev–Trinajstić information content (AvgIpc) is 2.82. The van der Waals surface area contributed by atoms with Gasteiger partial charge in [0.2, 0.25) is 0 Å². The number of rotatable bonds is 3. The highest BCUT2D eigenvalue weighted by Crippen LogP contribution is 2.21. The Hall–Kier alpha value is -1.55. The lowest BCUT2D eigenvalue weighted by Crippen LogP contribution is -2.07. The van der Waals surface area contributed by atoms with Crippen LogP contribution in [0.1, 0.15) is 11.4 Å². The fourth-order valence-electron chi connectivity index (χ4n) is 1.60. The molecule has 2 heterocycles. The lowest BCUT2D eigenvalue weighted by molar-refractivity contribution is 0.573. The minimum Gasteiger partial charge on any atom is -0.461 e. The summed E-state index contributed by atoms with van der Waals surface area (Å²) in [7, 11) is 3.92. The smallest absolute Gasteiger partial charge is 0.176 e. The lowest BCUT2D eigenvalue weighted by Gasteiger charge is -1.99. The summed E-state index contributed by atoms with van der Waals surface area (Å²) in [4.78, 5) is 4.55. The van der Waals surface area contributed by atoms with Gasteiger partial charge in [-0.1, -0.05) is 0 Å². The zero-order valence-electron chi connectivity index (χ0n) is 9.24. The molecule has 0 saturated carbocycles. The van der Waals surface area contributed by atoms with Gasteiger partial charge in [0.05, 0.1) is 12.0 Å². The first-order valence-corrected chi connectivity index (χ1v) is 4.94. The van der Waals surface area contributed by atoms with E-state index in [1.165, 1.54) is 0 Å². The maximum atomic E-state index is 5.34. The Kier molecular flexibility index (Phi) is 2.60. The van der Waals surface area contributed by atoms with E-state index < -0.39 is 0 Å². The zero-order chi connectivity index (χ0) is 10.8. The maximum Gasteiger partial charge on any atom is 0.176 e. The molecule has 0 atom stereocenters. The molecule has 80 valence electrons. The van der Waals surface area contributed by atoms with E-state index >= 15 is 0 Å². The quantitative estimate of drug-likeness (QED) is 0.829. The Morgan fingerprint density at radius 1 is 1.53 bits per heavy atom. The molecule has 2 aromatic heterocycles. The fraction of sp³-hybridized carbons (Fsp3) is 0.364. The summed E-state index contributed by atoms with van der Waals surface area (Å²) >= 11 is 0. The summed E-state index contributed by atoms with van der Waals surface area (Å²) in [5.41, 5.74) is 2.22. The van der Waals surface area contributed by atoms with Crippen molar-refractivity contribution in [3.8, 4) is 11.6 Å². The van der Waals surface area contributed by atoms with Crippen LogP contribution >= 0.6 is 0 Å². The van der Waals surface area contributed by atoms with Crippen LogP contribution in [0, 0.1) is 6.92 Å². The summed E-state index contributed by atoms with van der Waals surface area (Å²) in [6, 6.07) is 3.79. The third-order valence-electron chi connectivity index (χ3n) is 2.57. The second kappa shape index (κ2) is 3.90. The summed E-state index contributed by atoms with van der Waals surface area (Å²) in [5, 5.41) is 3.10. The molecule has 0 unspecified atom stereocenters. The molecule has 0 aromatic carbocycles. The van der Waals surface area contributed by atoms with Crippen molar-refractivity contribution < 1.29 is 4.42 Å². The van der Waals surface area contributed by atoms with Crippen molar-refractivity contribution in [2.24, 2.45) is 7.05 Å². The van der Waals surface area contributed by atoms with E-state index in [0.717, 1.165) is 29.5 Å². The van der Waals surface area contributed by atoms with Gasteiger partial charge in [0, 0.05) is 19.3 Å². The van der Waals surface area contributed by atoms with Crippen LogP contribution in [0.4, 0.5) is 0 Å². The Labute approximate surface area is 88.9 Å². The van der Waals surface area contributed by atoms with Crippen LogP contribution < -0.4 is 5.32 Å². The first kappa shape index (κ1) is 9.98. The van der Waals surface area contributed by atoms with Crippen molar-refractivity contribution in [2.45, 2.75) is 13.5 Å². The summed E-state index contributed by atoms with van der Waals surface area (Å²) in [6.45, 7) is 2.84. The van der Waals surface area contributed by atoms with E-state index in [0.29, 0.717) is 0 Å². The van der Waals surface area contributed by atoms with Crippen LogP contribution in [0.25, 0.3) is 11.6 Å². The normalized spacial score (nSPS) is 10.9. The molecule has 0 fully saturated rings. The van der Waals surface area contributed by atoms with E-state index in [9.17, 15) is 0 Å². The van der Waals surface area contributed by atoms with E-state index in [1.54, 1.807) is 6.26 Å². The topological polar surface area (TPSA) is 43.0 Å². The number of hydrogen-bond donors (Lipinski definition) is 1. The Bertz CT molecular complexity index is 443. The third-order valence-corrected chi connectivity index (χ3v) is 2.57. The van der Waals surface area contributed by atoms with Crippen molar-refractivity contribution in [3.63, 3.8) is 0 Å². The van der Waals surface area contributed by atoms with E-state index in [1.807, 2.05) is 30.8 Å². The SMILES string of the molecule is CNCc1nc(-c2ccco2)n(C)c1C. The predicted molar refractivity (Wildman–Crippen MR) is 58.4 cm³/mol. The number of nitrogens with one attached hydrogen (secondary N) is 1. The second-order valence-electron chi connectivity index (χ2n) is 3.53. The molecule has 0 aliphatic rings. The molecule has 4 heteroatoms. The summed E-state index contributed by atoms with van der Waals surface area (Å²) < 4.78 is 7.39. The number of hydrogen-bond acceptors (Lipinski definition) is 3. The second-order valence-corrected chi connectivity index (χ2v) is 3.53. The van der Waals surface area contributed by atoms with Crippen molar-refractivity contribution in [1.29, 1.82) is 0 Å². The Balaban J connectivity index is 2.45. The molecule has 15 heavy (non-hydrogen) atoms. The summed E-state index contributed by atoms with van der Waals surface area (Å²) in [5.74, 6) is 1.69. The fourth-order valence-corrected chi connectivity index (χ4v) is 1.60. The maximum absolute atomic E-state index is 5.34. The van der Waals surface area contributed by atoms with Gasteiger partial charge in [0.15, 0.2) is 11.6 Å². The van der Waals surface area contributed by atoms with E-state index in [-0.39, 0.29) is 0 Å². The van der Waals surface area contributed by atoms with Crippen LogP contribution in [0.2, 0.25) is 0 Å². The van der Waals surface area contributed by atoms with Crippen molar-refractivity contribution in [3.05, 3.63) is 29.8 Å². The minimum atomic E-state index is 0.778. The molecule has 0 spiro atoms. The minimum absolute atomic E-state index is 0.778. The van der Waals surface area contributed by atoms with Crippen LogP contribution in [0.15, 0.2) is 22.8 Å². The van der Waals surface area contributed by atoms with Crippen LogP contribution in [0.5, 0.6) is 0 Å².